The summed E-state index contributed by atoms with van der Waals surface area (Å²) < 4.78 is 0. The summed E-state index contributed by atoms with van der Waals surface area (Å²) >= 11 is 0. The Morgan fingerprint density at radius 1 is 1.17 bits per heavy atom. The number of rotatable bonds is 3. The number of anilines is 1. The number of hydrogen-bond acceptors (Lipinski definition) is 2. The van der Waals surface area contributed by atoms with Crippen LogP contribution in [0.4, 0.5) is 5.69 Å². The molecule has 2 aromatic rings. The Hall–Kier alpha value is -1.80. The molecule has 0 amide bonds. The van der Waals surface area contributed by atoms with Gasteiger partial charge < -0.3 is 10.6 Å². The highest BCUT2D eigenvalue weighted by Gasteiger charge is 2.29. The lowest BCUT2D eigenvalue weighted by Crippen LogP contribution is -2.30. The van der Waals surface area contributed by atoms with Gasteiger partial charge in [-0.1, -0.05) is 43.3 Å². The highest BCUT2D eigenvalue weighted by Crippen LogP contribution is 2.41. The van der Waals surface area contributed by atoms with Crippen molar-refractivity contribution in [3.63, 3.8) is 0 Å². The number of fused-ring (bicyclic) bond motifs is 3. The van der Waals surface area contributed by atoms with Crippen LogP contribution in [-0.4, -0.2) is 6.54 Å². The van der Waals surface area contributed by atoms with Gasteiger partial charge in [0.05, 0.1) is 0 Å². The van der Waals surface area contributed by atoms with Crippen LogP contribution in [0.5, 0.6) is 0 Å². The zero-order valence-electron chi connectivity index (χ0n) is 14.9. The molecule has 2 aliphatic rings. The molecule has 2 heteroatoms. The minimum atomic E-state index is 0.481. The molecule has 24 heavy (non-hydrogen) atoms. The largest absolute Gasteiger partial charge is 0.385 e. The molecule has 126 valence electrons. The molecule has 1 heterocycles. The summed E-state index contributed by atoms with van der Waals surface area (Å²) in [7, 11) is 0. The van der Waals surface area contributed by atoms with Gasteiger partial charge in [-0.3, -0.25) is 0 Å². The molecule has 0 spiro atoms. The van der Waals surface area contributed by atoms with Crippen LogP contribution in [0, 0.1) is 12.8 Å². The highest BCUT2D eigenvalue weighted by molar-refractivity contribution is 5.64. The van der Waals surface area contributed by atoms with Crippen molar-refractivity contribution in [1.29, 1.82) is 0 Å². The predicted molar refractivity (Wildman–Crippen MR) is 101 cm³/mol. The average molecular weight is 320 g/mol. The highest BCUT2D eigenvalue weighted by atomic mass is 14.9. The Morgan fingerprint density at radius 3 is 2.83 bits per heavy atom. The summed E-state index contributed by atoms with van der Waals surface area (Å²) in [5, 5.41) is 7.49. The molecule has 0 aromatic heterocycles. The van der Waals surface area contributed by atoms with Gasteiger partial charge in [0, 0.05) is 24.8 Å². The summed E-state index contributed by atoms with van der Waals surface area (Å²) in [6.07, 6.45) is 4.98. The van der Waals surface area contributed by atoms with E-state index in [0.29, 0.717) is 6.04 Å². The number of benzene rings is 2. The van der Waals surface area contributed by atoms with Crippen molar-refractivity contribution >= 4 is 5.69 Å². The van der Waals surface area contributed by atoms with Gasteiger partial charge >= 0.3 is 0 Å². The standard InChI is InChI=1S/C22H28N2/c1-15-11-19-18-9-6-10-23-22(18)16(2)13-20(19)21(12-15)24-14-17-7-4-3-5-8-17/h3-5,7-8,13,15,21,23-24H,6,9-12,14H2,1-2H3. The van der Waals surface area contributed by atoms with Gasteiger partial charge in [0.2, 0.25) is 0 Å². The fourth-order valence-electron chi connectivity index (χ4n) is 4.50. The zero-order valence-corrected chi connectivity index (χ0v) is 14.9. The summed E-state index contributed by atoms with van der Waals surface area (Å²) in [6, 6.07) is 13.7. The lowest BCUT2D eigenvalue weighted by Gasteiger charge is -2.35. The summed E-state index contributed by atoms with van der Waals surface area (Å²) in [4.78, 5) is 0. The maximum atomic E-state index is 3.84. The average Bonchev–Trinajstić information content (AvgIpc) is 2.62. The fraction of sp³-hybridized carbons (Fsp3) is 0.455. The van der Waals surface area contributed by atoms with Crippen LogP contribution in [0.3, 0.4) is 0 Å². The Morgan fingerprint density at radius 2 is 2.00 bits per heavy atom. The normalized spacial score (nSPS) is 22.4. The van der Waals surface area contributed by atoms with Gasteiger partial charge in [0.25, 0.3) is 0 Å². The predicted octanol–water partition coefficient (Wildman–Crippen LogP) is 4.77. The molecular weight excluding hydrogens is 292 g/mol. The first-order valence-electron chi connectivity index (χ1n) is 9.39. The van der Waals surface area contributed by atoms with E-state index in [9.17, 15) is 0 Å². The molecular formula is C22H28N2. The topological polar surface area (TPSA) is 24.1 Å². The Balaban J connectivity index is 1.65. The second-order valence-electron chi connectivity index (χ2n) is 7.61. The first-order valence-corrected chi connectivity index (χ1v) is 9.39. The van der Waals surface area contributed by atoms with E-state index in [-0.39, 0.29) is 0 Å². The van der Waals surface area contributed by atoms with Crippen molar-refractivity contribution in [1.82, 2.24) is 5.32 Å². The van der Waals surface area contributed by atoms with E-state index in [2.05, 4.69) is 60.9 Å². The van der Waals surface area contributed by atoms with E-state index in [0.717, 1.165) is 19.0 Å². The zero-order chi connectivity index (χ0) is 16.5. The fourth-order valence-corrected chi connectivity index (χ4v) is 4.50. The summed E-state index contributed by atoms with van der Waals surface area (Å²) in [6.45, 7) is 6.75. The molecule has 0 fully saturated rings. The molecule has 2 atom stereocenters. The molecule has 2 nitrogen and oxygen atoms in total. The first-order chi connectivity index (χ1) is 11.7. The second kappa shape index (κ2) is 6.60. The SMILES string of the molecule is Cc1cc2c(c3c1NCCC3)CC(C)CC2NCc1ccccc1. The van der Waals surface area contributed by atoms with Gasteiger partial charge in [-0.25, -0.2) is 0 Å². The molecule has 0 saturated carbocycles. The van der Waals surface area contributed by atoms with Crippen molar-refractivity contribution in [2.24, 2.45) is 5.92 Å². The van der Waals surface area contributed by atoms with E-state index in [1.54, 1.807) is 16.7 Å². The van der Waals surface area contributed by atoms with Crippen LogP contribution in [0.2, 0.25) is 0 Å². The van der Waals surface area contributed by atoms with E-state index in [4.69, 9.17) is 0 Å². The van der Waals surface area contributed by atoms with Crippen molar-refractivity contribution in [2.75, 3.05) is 11.9 Å². The van der Waals surface area contributed by atoms with E-state index >= 15 is 0 Å². The minimum absolute atomic E-state index is 0.481. The third-order valence-corrected chi connectivity index (χ3v) is 5.65. The Labute approximate surface area is 145 Å². The van der Waals surface area contributed by atoms with Gasteiger partial charge in [-0.2, -0.15) is 0 Å². The summed E-state index contributed by atoms with van der Waals surface area (Å²) in [5.41, 5.74) is 9.01. The molecule has 4 rings (SSSR count). The van der Waals surface area contributed by atoms with Crippen LogP contribution in [0.15, 0.2) is 36.4 Å². The van der Waals surface area contributed by atoms with E-state index in [1.165, 1.54) is 42.5 Å². The Kier molecular flexibility index (Phi) is 4.32. The van der Waals surface area contributed by atoms with Crippen LogP contribution in [0.1, 0.15) is 53.6 Å². The molecule has 0 saturated heterocycles. The number of nitrogens with one attached hydrogen (secondary N) is 2. The minimum Gasteiger partial charge on any atom is -0.385 e. The summed E-state index contributed by atoms with van der Waals surface area (Å²) in [5.74, 6) is 0.750. The lowest BCUT2D eigenvalue weighted by molar-refractivity contribution is 0.377. The second-order valence-corrected chi connectivity index (χ2v) is 7.61. The Bertz CT molecular complexity index is 720. The van der Waals surface area contributed by atoms with Crippen molar-refractivity contribution in [3.8, 4) is 0 Å². The van der Waals surface area contributed by atoms with Crippen LogP contribution >= 0.6 is 0 Å². The van der Waals surface area contributed by atoms with Crippen LogP contribution < -0.4 is 10.6 Å². The van der Waals surface area contributed by atoms with Crippen molar-refractivity contribution < 1.29 is 0 Å². The molecule has 2 aromatic carbocycles. The number of aryl methyl sites for hydroxylation is 1. The molecule has 1 aliphatic carbocycles. The van der Waals surface area contributed by atoms with Crippen LogP contribution in [-0.2, 0) is 19.4 Å². The van der Waals surface area contributed by atoms with E-state index < -0.39 is 0 Å². The maximum absolute atomic E-state index is 3.84. The molecule has 0 bridgehead atoms. The lowest BCUT2D eigenvalue weighted by atomic mass is 9.76. The van der Waals surface area contributed by atoms with Gasteiger partial charge in [0.1, 0.15) is 0 Å². The van der Waals surface area contributed by atoms with Gasteiger partial charge in [-0.15, -0.1) is 0 Å². The van der Waals surface area contributed by atoms with E-state index in [1.807, 2.05) is 0 Å². The third-order valence-electron chi connectivity index (χ3n) is 5.65. The van der Waals surface area contributed by atoms with Gasteiger partial charge in [-0.05, 0) is 66.3 Å². The number of hydrogen-bond donors (Lipinski definition) is 2. The van der Waals surface area contributed by atoms with Crippen molar-refractivity contribution in [2.45, 2.75) is 52.1 Å². The monoisotopic (exact) mass is 320 g/mol. The van der Waals surface area contributed by atoms with Gasteiger partial charge in [0.15, 0.2) is 0 Å². The van der Waals surface area contributed by atoms with Crippen LogP contribution in [0.25, 0.3) is 0 Å². The molecule has 2 unspecified atom stereocenters. The first kappa shape index (κ1) is 15.7. The third kappa shape index (κ3) is 2.95. The molecule has 0 radical (unpaired) electrons. The molecule has 2 N–H and O–H groups in total. The van der Waals surface area contributed by atoms with Crippen molar-refractivity contribution in [3.05, 3.63) is 64.2 Å². The quantitative estimate of drug-likeness (QED) is 0.851. The maximum Gasteiger partial charge on any atom is 0.0405 e. The smallest absolute Gasteiger partial charge is 0.0405 e. The molecule has 1 aliphatic heterocycles.